The average molecular weight is 264 g/mol. The third-order valence-electron chi connectivity index (χ3n) is 3.08. The molecule has 0 amide bonds. The summed E-state index contributed by atoms with van der Waals surface area (Å²) >= 11 is 0. The maximum absolute atomic E-state index is 9.28. The van der Waals surface area contributed by atoms with Crippen molar-refractivity contribution in [1.82, 2.24) is 20.2 Å². The van der Waals surface area contributed by atoms with Crippen LogP contribution in [-0.4, -0.2) is 51.5 Å². The van der Waals surface area contributed by atoms with Gasteiger partial charge in [-0.15, -0.1) is 0 Å². The number of anilines is 2. The van der Waals surface area contributed by atoms with E-state index in [1.807, 2.05) is 18.9 Å². The van der Waals surface area contributed by atoms with Crippen LogP contribution in [0.2, 0.25) is 0 Å². The van der Waals surface area contributed by atoms with Gasteiger partial charge in [-0.3, -0.25) is 5.10 Å². The standard InChI is InChI=1S/C12H20N6O/c1-4-5-13-12-15-10-9(6-14-17-10)11(16-12)18(3)8(2)7-19/h6,8,19H,4-5,7H2,1-3H3,(H2,13,14,15,16,17). The van der Waals surface area contributed by atoms with Gasteiger partial charge in [0, 0.05) is 13.6 Å². The molecule has 0 aliphatic heterocycles. The SMILES string of the molecule is CCCNc1nc(N(C)C(C)CO)c2cn[nH]c2n1. The Hall–Kier alpha value is -1.89. The normalized spacial score (nSPS) is 12.6. The highest BCUT2D eigenvalue weighted by Crippen LogP contribution is 2.24. The minimum atomic E-state index is -0.0213. The van der Waals surface area contributed by atoms with Crippen LogP contribution in [0.5, 0.6) is 0 Å². The molecule has 0 fully saturated rings. The molecule has 1 unspecified atom stereocenters. The lowest BCUT2D eigenvalue weighted by molar-refractivity contribution is 0.270. The van der Waals surface area contributed by atoms with Crippen LogP contribution in [0.3, 0.4) is 0 Å². The first kappa shape index (κ1) is 13.5. The highest BCUT2D eigenvalue weighted by atomic mass is 16.3. The molecule has 3 N–H and O–H groups in total. The van der Waals surface area contributed by atoms with Crippen LogP contribution in [0.4, 0.5) is 11.8 Å². The number of nitrogens with zero attached hydrogens (tertiary/aromatic N) is 4. The van der Waals surface area contributed by atoms with Crippen molar-refractivity contribution in [2.75, 3.05) is 30.4 Å². The number of nitrogens with one attached hydrogen (secondary N) is 2. The van der Waals surface area contributed by atoms with Crippen LogP contribution >= 0.6 is 0 Å². The molecule has 0 radical (unpaired) electrons. The first-order valence-corrected chi connectivity index (χ1v) is 6.46. The number of rotatable bonds is 6. The Bertz CT molecular complexity index is 540. The molecular formula is C12H20N6O. The summed E-state index contributed by atoms with van der Waals surface area (Å²) in [5, 5.41) is 20.2. The minimum Gasteiger partial charge on any atom is -0.394 e. The topological polar surface area (TPSA) is 90.0 Å². The van der Waals surface area contributed by atoms with Gasteiger partial charge >= 0.3 is 0 Å². The Kier molecular flexibility index (Phi) is 4.16. The zero-order valence-electron chi connectivity index (χ0n) is 11.5. The number of aromatic nitrogens is 4. The molecular weight excluding hydrogens is 244 g/mol. The van der Waals surface area contributed by atoms with Gasteiger partial charge in [-0.05, 0) is 13.3 Å². The van der Waals surface area contributed by atoms with Crippen LogP contribution in [-0.2, 0) is 0 Å². The summed E-state index contributed by atoms with van der Waals surface area (Å²) in [6.07, 6.45) is 2.71. The van der Waals surface area contributed by atoms with Gasteiger partial charge in [0.15, 0.2) is 5.65 Å². The van der Waals surface area contributed by atoms with Crippen LogP contribution in [0.1, 0.15) is 20.3 Å². The number of aromatic amines is 1. The number of H-pyrrole nitrogens is 1. The second-order valence-corrected chi connectivity index (χ2v) is 4.57. The summed E-state index contributed by atoms with van der Waals surface area (Å²) in [6, 6.07) is -0.0213. The van der Waals surface area contributed by atoms with E-state index in [2.05, 4.69) is 32.4 Å². The van der Waals surface area contributed by atoms with E-state index in [1.165, 1.54) is 0 Å². The van der Waals surface area contributed by atoms with Crippen LogP contribution in [0, 0.1) is 0 Å². The van der Waals surface area contributed by atoms with E-state index in [0.717, 1.165) is 24.2 Å². The fraction of sp³-hybridized carbons (Fsp3) is 0.583. The van der Waals surface area contributed by atoms with Gasteiger partial charge in [-0.1, -0.05) is 6.92 Å². The summed E-state index contributed by atoms with van der Waals surface area (Å²) < 4.78 is 0. The van der Waals surface area contributed by atoms with Crippen LogP contribution in [0.25, 0.3) is 11.0 Å². The Balaban J connectivity index is 2.41. The van der Waals surface area contributed by atoms with Gasteiger partial charge in [-0.25, -0.2) is 0 Å². The lowest BCUT2D eigenvalue weighted by atomic mass is 10.3. The zero-order chi connectivity index (χ0) is 13.8. The summed E-state index contributed by atoms with van der Waals surface area (Å²) in [6.45, 7) is 4.91. The summed E-state index contributed by atoms with van der Waals surface area (Å²) in [5.74, 6) is 1.34. The first-order chi connectivity index (χ1) is 9.17. The lowest BCUT2D eigenvalue weighted by Crippen LogP contribution is -2.32. The van der Waals surface area contributed by atoms with Crippen LogP contribution < -0.4 is 10.2 Å². The van der Waals surface area contributed by atoms with Crippen molar-refractivity contribution >= 4 is 22.8 Å². The lowest BCUT2D eigenvalue weighted by Gasteiger charge is -2.25. The van der Waals surface area contributed by atoms with Gasteiger partial charge < -0.3 is 15.3 Å². The first-order valence-electron chi connectivity index (χ1n) is 6.46. The molecule has 0 bridgehead atoms. The average Bonchev–Trinajstić information content (AvgIpc) is 2.90. The molecule has 19 heavy (non-hydrogen) atoms. The number of fused-ring (bicyclic) bond motifs is 1. The molecule has 7 heteroatoms. The largest absolute Gasteiger partial charge is 0.394 e. The highest BCUT2D eigenvalue weighted by molar-refractivity contribution is 5.87. The molecule has 2 rings (SSSR count). The number of hydrogen-bond donors (Lipinski definition) is 3. The minimum absolute atomic E-state index is 0.0213. The van der Waals surface area contributed by atoms with E-state index in [0.29, 0.717) is 11.6 Å². The maximum Gasteiger partial charge on any atom is 0.226 e. The third kappa shape index (κ3) is 2.76. The van der Waals surface area contributed by atoms with Crippen molar-refractivity contribution in [1.29, 1.82) is 0 Å². The van der Waals surface area contributed by atoms with Crippen molar-refractivity contribution in [2.24, 2.45) is 0 Å². The quantitative estimate of drug-likeness (QED) is 0.721. The highest BCUT2D eigenvalue weighted by Gasteiger charge is 2.16. The zero-order valence-corrected chi connectivity index (χ0v) is 11.5. The maximum atomic E-state index is 9.28. The van der Waals surface area contributed by atoms with E-state index in [9.17, 15) is 5.11 Å². The summed E-state index contributed by atoms with van der Waals surface area (Å²) in [5.41, 5.74) is 0.695. The van der Waals surface area contributed by atoms with E-state index in [1.54, 1.807) is 6.20 Å². The molecule has 0 aliphatic carbocycles. The molecule has 2 aromatic heterocycles. The van der Waals surface area contributed by atoms with Crippen LogP contribution in [0.15, 0.2) is 6.20 Å². The van der Waals surface area contributed by atoms with Gasteiger partial charge in [0.05, 0.1) is 24.2 Å². The van der Waals surface area contributed by atoms with Crippen molar-refractivity contribution in [2.45, 2.75) is 26.3 Å². The van der Waals surface area contributed by atoms with Crippen molar-refractivity contribution < 1.29 is 5.11 Å². The number of likely N-dealkylation sites (N-methyl/N-ethyl adjacent to an activating group) is 1. The molecule has 0 spiro atoms. The predicted octanol–water partition coefficient (Wildman–Crippen LogP) is 0.992. The third-order valence-corrected chi connectivity index (χ3v) is 3.08. The second kappa shape index (κ2) is 5.83. The second-order valence-electron chi connectivity index (χ2n) is 4.57. The molecule has 104 valence electrons. The Morgan fingerprint density at radius 2 is 2.26 bits per heavy atom. The summed E-state index contributed by atoms with van der Waals surface area (Å²) in [4.78, 5) is 10.8. The van der Waals surface area contributed by atoms with E-state index in [-0.39, 0.29) is 12.6 Å². The molecule has 2 aromatic rings. The molecule has 0 aromatic carbocycles. The molecule has 0 saturated carbocycles. The van der Waals surface area contributed by atoms with Gasteiger partial charge in [-0.2, -0.15) is 15.1 Å². The molecule has 1 atom stereocenters. The van der Waals surface area contributed by atoms with Gasteiger partial charge in [0.1, 0.15) is 5.82 Å². The fourth-order valence-electron chi connectivity index (χ4n) is 1.74. The van der Waals surface area contributed by atoms with Crippen molar-refractivity contribution in [3.05, 3.63) is 6.20 Å². The monoisotopic (exact) mass is 264 g/mol. The Morgan fingerprint density at radius 1 is 1.47 bits per heavy atom. The van der Waals surface area contributed by atoms with Crippen molar-refractivity contribution in [3.63, 3.8) is 0 Å². The smallest absolute Gasteiger partial charge is 0.226 e. The number of aliphatic hydroxyl groups is 1. The Labute approximate surface area is 112 Å². The molecule has 0 aliphatic rings. The van der Waals surface area contributed by atoms with E-state index < -0.39 is 0 Å². The number of hydrogen-bond acceptors (Lipinski definition) is 6. The molecule has 7 nitrogen and oxygen atoms in total. The van der Waals surface area contributed by atoms with Crippen molar-refractivity contribution in [3.8, 4) is 0 Å². The number of aliphatic hydroxyl groups excluding tert-OH is 1. The van der Waals surface area contributed by atoms with E-state index in [4.69, 9.17) is 0 Å². The molecule has 2 heterocycles. The summed E-state index contributed by atoms with van der Waals surface area (Å²) in [7, 11) is 1.90. The van der Waals surface area contributed by atoms with Gasteiger partial charge in [0.2, 0.25) is 5.95 Å². The Morgan fingerprint density at radius 3 is 2.95 bits per heavy atom. The molecule has 0 saturated heterocycles. The predicted molar refractivity (Wildman–Crippen MR) is 75.4 cm³/mol. The van der Waals surface area contributed by atoms with Gasteiger partial charge in [0.25, 0.3) is 0 Å². The van der Waals surface area contributed by atoms with E-state index >= 15 is 0 Å². The fourth-order valence-corrected chi connectivity index (χ4v) is 1.74.